The maximum Gasteiger partial charge on any atom is 0.224 e. The fourth-order valence-corrected chi connectivity index (χ4v) is 5.81. The first kappa shape index (κ1) is 26.9. The normalized spacial score (nSPS) is 16.7. The van der Waals surface area contributed by atoms with Crippen LogP contribution in [-0.2, 0) is 4.79 Å². The van der Waals surface area contributed by atoms with Gasteiger partial charge in [0.2, 0.25) is 5.91 Å². The van der Waals surface area contributed by atoms with Crippen molar-refractivity contribution in [2.24, 2.45) is 0 Å². The molecule has 7 nitrogen and oxygen atoms in total. The molecule has 0 unspecified atom stereocenters. The standard InChI is InChI=1S/C30H30BrN5O2S/c1-5-27(37)33-24-14-13-22(17-26(24)38-4)36-29(28(34-30(36)39)25-8-6-7-15-32-25)23-16-18(2)35(19(23)3)21-11-9-20(31)10-12-21/h6-17,28-29H,5H2,1-4H3,(H,33,37)(H,34,39)/t28-,29-/m1/s1. The summed E-state index contributed by atoms with van der Waals surface area (Å²) in [6, 6.07) is 21.9. The predicted molar refractivity (Wildman–Crippen MR) is 163 cm³/mol. The van der Waals surface area contributed by atoms with E-state index in [2.05, 4.69) is 73.1 Å². The van der Waals surface area contributed by atoms with Gasteiger partial charge in [0, 0.05) is 45.9 Å². The molecule has 0 aliphatic carbocycles. The SMILES string of the molecule is CCC(=O)Nc1ccc(N2C(=S)N[C@H](c3ccccn3)[C@H]2c2cc(C)n(-c3ccc(Br)cc3)c2C)cc1OC. The summed E-state index contributed by atoms with van der Waals surface area (Å²) in [5, 5.41) is 7.04. The van der Waals surface area contributed by atoms with Crippen LogP contribution in [0.1, 0.15) is 48.1 Å². The average molecular weight is 605 g/mol. The number of methoxy groups -OCH3 is 1. The van der Waals surface area contributed by atoms with Crippen molar-refractivity contribution in [3.8, 4) is 11.4 Å². The van der Waals surface area contributed by atoms with Gasteiger partial charge >= 0.3 is 0 Å². The Kier molecular flexibility index (Phi) is 7.72. The number of amides is 1. The third kappa shape index (κ3) is 5.16. The van der Waals surface area contributed by atoms with E-state index in [1.54, 1.807) is 13.3 Å². The second kappa shape index (κ2) is 11.2. The number of nitrogens with zero attached hydrogens (tertiary/aromatic N) is 3. The minimum atomic E-state index is -0.178. The number of ether oxygens (including phenoxy) is 1. The Morgan fingerprint density at radius 2 is 1.85 bits per heavy atom. The molecule has 5 rings (SSSR count). The zero-order chi connectivity index (χ0) is 27.7. The number of thiocarbonyl (C=S) groups is 1. The third-order valence-electron chi connectivity index (χ3n) is 7.03. The molecule has 0 bridgehead atoms. The lowest BCUT2D eigenvalue weighted by atomic mass is 9.96. The van der Waals surface area contributed by atoms with E-state index < -0.39 is 0 Å². The second-order valence-corrected chi connectivity index (χ2v) is 10.7. The van der Waals surface area contributed by atoms with E-state index >= 15 is 0 Å². The number of aromatic nitrogens is 2. The van der Waals surface area contributed by atoms with E-state index in [-0.39, 0.29) is 18.0 Å². The molecule has 1 saturated heterocycles. The molecule has 0 saturated carbocycles. The summed E-state index contributed by atoms with van der Waals surface area (Å²) in [6.07, 6.45) is 2.19. The molecule has 9 heteroatoms. The number of carbonyl (C=O) groups excluding carboxylic acids is 1. The first-order valence-corrected chi connectivity index (χ1v) is 14.0. The highest BCUT2D eigenvalue weighted by atomic mass is 79.9. The van der Waals surface area contributed by atoms with Gasteiger partial charge in [-0.3, -0.25) is 9.78 Å². The van der Waals surface area contributed by atoms with Crippen molar-refractivity contribution in [1.29, 1.82) is 0 Å². The minimum absolute atomic E-state index is 0.0760. The van der Waals surface area contributed by atoms with Gasteiger partial charge in [-0.25, -0.2) is 0 Å². The molecule has 1 aliphatic rings. The number of hydrogen-bond acceptors (Lipinski definition) is 4. The van der Waals surface area contributed by atoms with Crippen molar-refractivity contribution < 1.29 is 9.53 Å². The monoisotopic (exact) mass is 603 g/mol. The Labute approximate surface area is 242 Å². The van der Waals surface area contributed by atoms with Crippen LogP contribution in [0.25, 0.3) is 5.69 Å². The van der Waals surface area contributed by atoms with Gasteiger partial charge in [0.15, 0.2) is 5.11 Å². The summed E-state index contributed by atoms with van der Waals surface area (Å²) in [5.74, 6) is 0.491. The number of halogens is 1. The number of hydrogen-bond donors (Lipinski definition) is 2. The smallest absolute Gasteiger partial charge is 0.224 e. The van der Waals surface area contributed by atoms with Gasteiger partial charge in [-0.15, -0.1) is 0 Å². The third-order valence-corrected chi connectivity index (χ3v) is 7.87. The molecule has 1 aliphatic heterocycles. The highest BCUT2D eigenvalue weighted by Gasteiger charge is 2.42. The number of benzene rings is 2. The fourth-order valence-electron chi connectivity index (χ4n) is 5.20. The summed E-state index contributed by atoms with van der Waals surface area (Å²) >= 11 is 9.48. The first-order chi connectivity index (χ1) is 18.8. The molecule has 2 N–H and O–H groups in total. The van der Waals surface area contributed by atoms with Crippen molar-refractivity contribution in [3.05, 3.63) is 100 Å². The number of anilines is 2. The summed E-state index contributed by atoms with van der Waals surface area (Å²) in [7, 11) is 1.60. The van der Waals surface area contributed by atoms with Gasteiger partial charge in [0.1, 0.15) is 5.75 Å². The number of aryl methyl sites for hydroxylation is 1. The first-order valence-electron chi connectivity index (χ1n) is 12.8. The second-order valence-electron chi connectivity index (χ2n) is 9.42. The van der Waals surface area contributed by atoms with Crippen LogP contribution >= 0.6 is 28.1 Å². The van der Waals surface area contributed by atoms with E-state index in [4.69, 9.17) is 17.0 Å². The van der Waals surface area contributed by atoms with Crippen LogP contribution in [0.2, 0.25) is 0 Å². The van der Waals surface area contributed by atoms with Gasteiger partial charge in [0.05, 0.1) is 30.6 Å². The van der Waals surface area contributed by atoms with Crippen LogP contribution in [0.3, 0.4) is 0 Å². The van der Waals surface area contributed by atoms with Crippen LogP contribution < -0.4 is 20.3 Å². The maximum atomic E-state index is 12.1. The Hall–Kier alpha value is -3.69. The van der Waals surface area contributed by atoms with Gasteiger partial charge in [0.25, 0.3) is 0 Å². The van der Waals surface area contributed by atoms with E-state index in [1.165, 1.54) is 0 Å². The Morgan fingerprint density at radius 1 is 1.10 bits per heavy atom. The summed E-state index contributed by atoms with van der Waals surface area (Å²) in [4.78, 5) is 18.9. The summed E-state index contributed by atoms with van der Waals surface area (Å²) in [6.45, 7) is 6.08. The fraction of sp³-hybridized carbons (Fsp3) is 0.233. The average Bonchev–Trinajstić information content (AvgIpc) is 3.44. The zero-order valence-electron chi connectivity index (χ0n) is 22.2. The highest BCUT2D eigenvalue weighted by Crippen LogP contribution is 2.45. The molecule has 2 aromatic heterocycles. The van der Waals surface area contributed by atoms with Crippen molar-refractivity contribution in [1.82, 2.24) is 14.9 Å². The summed E-state index contributed by atoms with van der Waals surface area (Å²) < 4.78 is 8.97. The molecule has 200 valence electrons. The molecule has 1 amide bonds. The zero-order valence-corrected chi connectivity index (χ0v) is 24.6. The molecule has 2 atom stereocenters. The van der Waals surface area contributed by atoms with Crippen LogP contribution in [-0.4, -0.2) is 27.7 Å². The van der Waals surface area contributed by atoms with Crippen molar-refractivity contribution in [2.75, 3.05) is 17.3 Å². The number of carbonyl (C=O) groups is 1. The Bertz CT molecular complexity index is 1520. The molecular weight excluding hydrogens is 574 g/mol. The van der Waals surface area contributed by atoms with E-state index in [0.717, 1.165) is 38.5 Å². The van der Waals surface area contributed by atoms with Crippen molar-refractivity contribution in [2.45, 2.75) is 39.3 Å². The number of nitrogens with one attached hydrogen (secondary N) is 2. The lowest BCUT2D eigenvalue weighted by molar-refractivity contribution is -0.115. The molecule has 39 heavy (non-hydrogen) atoms. The largest absolute Gasteiger partial charge is 0.494 e. The Morgan fingerprint density at radius 3 is 2.51 bits per heavy atom. The van der Waals surface area contributed by atoms with Crippen LogP contribution in [0.5, 0.6) is 5.75 Å². The van der Waals surface area contributed by atoms with Crippen molar-refractivity contribution in [3.63, 3.8) is 0 Å². The van der Waals surface area contributed by atoms with E-state index in [0.29, 0.717) is 23.0 Å². The molecule has 0 spiro atoms. The number of pyridine rings is 1. The van der Waals surface area contributed by atoms with E-state index in [9.17, 15) is 4.79 Å². The van der Waals surface area contributed by atoms with Crippen LogP contribution in [0.4, 0.5) is 11.4 Å². The van der Waals surface area contributed by atoms with Crippen LogP contribution in [0.15, 0.2) is 77.4 Å². The maximum absolute atomic E-state index is 12.1. The lowest BCUT2D eigenvalue weighted by Crippen LogP contribution is -2.29. The molecule has 0 radical (unpaired) electrons. The lowest BCUT2D eigenvalue weighted by Gasteiger charge is -2.29. The Balaban J connectivity index is 1.64. The highest BCUT2D eigenvalue weighted by molar-refractivity contribution is 9.10. The molecular formula is C30H30BrN5O2S. The molecule has 3 heterocycles. The van der Waals surface area contributed by atoms with Gasteiger partial charge in [-0.05, 0) is 86.2 Å². The van der Waals surface area contributed by atoms with Crippen LogP contribution in [0, 0.1) is 13.8 Å². The van der Waals surface area contributed by atoms with Gasteiger partial charge in [-0.1, -0.05) is 28.9 Å². The topological polar surface area (TPSA) is 71.4 Å². The predicted octanol–water partition coefficient (Wildman–Crippen LogP) is 6.79. The quantitative estimate of drug-likeness (QED) is 0.227. The number of rotatable bonds is 7. The summed E-state index contributed by atoms with van der Waals surface area (Å²) in [5.41, 5.74) is 6.86. The molecule has 1 fully saturated rings. The van der Waals surface area contributed by atoms with Gasteiger partial charge < -0.3 is 24.8 Å². The van der Waals surface area contributed by atoms with Crippen molar-refractivity contribution >= 4 is 50.5 Å². The molecule has 4 aromatic rings. The minimum Gasteiger partial charge on any atom is -0.494 e. The van der Waals surface area contributed by atoms with E-state index in [1.807, 2.05) is 55.5 Å². The molecule has 2 aromatic carbocycles. The van der Waals surface area contributed by atoms with Gasteiger partial charge in [-0.2, -0.15) is 0 Å².